The van der Waals surface area contributed by atoms with E-state index in [1.165, 1.54) is 0 Å². The molecule has 0 amide bonds. The first-order valence-corrected chi connectivity index (χ1v) is 5.62. The van der Waals surface area contributed by atoms with E-state index in [4.69, 9.17) is 9.47 Å². The average molecular weight is 219 g/mol. The van der Waals surface area contributed by atoms with E-state index < -0.39 is 6.10 Å². The fraction of sp³-hybridized carbons (Fsp3) is 1.00. The van der Waals surface area contributed by atoms with Crippen LogP contribution in [0.4, 0.5) is 0 Å². The summed E-state index contributed by atoms with van der Waals surface area (Å²) in [5, 5.41) is 12.6. The highest BCUT2D eigenvalue weighted by molar-refractivity contribution is 4.72. The quantitative estimate of drug-likeness (QED) is 0.602. The van der Waals surface area contributed by atoms with Gasteiger partial charge in [-0.3, -0.25) is 0 Å². The van der Waals surface area contributed by atoms with Crippen LogP contribution >= 0.6 is 0 Å². The molecule has 0 bridgehead atoms. The van der Waals surface area contributed by atoms with Gasteiger partial charge in [0.15, 0.2) is 0 Å². The van der Waals surface area contributed by atoms with Gasteiger partial charge in [-0.05, 0) is 27.7 Å². The molecule has 0 saturated heterocycles. The molecule has 4 nitrogen and oxygen atoms in total. The summed E-state index contributed by atoms with van der Waals surface area (Å²) in [6.45, 7) is 10.9. The highest BCUT2D eigenvalue weighted by Crippen LogP contribution is 2.06. The standard InChI is InChI=1S/C11H25NO3/c1-5-14-8-10(13)7-12-9-11(3,4)15-6-2/h10,12-13H,5-9H2,1-4H3. The Balaban J connectivity index is 3.51. The summed E-state index contributed by atoms with van der Waals surface area (Å²) >= 11 is 0. The molecule has 0 aromatic carbocycles. The third-order valence-electron chi connectivity index (χ3n) is 1.98. The second kappa shape index (κ2) is 8.05. The van der Waals surface area contributed by atoms with Gasteiger partial charge in [-0.1, -0.05) is 0 Å². The van der Waals surface area contributed by atoms with E-state index in [2.05, 4.69) is 5.32 Å². The van der Waals surface area contributed by atoms with Gasteiger partial charge >= 0.3 is 0 Å². The van der Waals surface area contributed by atoms with Crippen molar-refractivity contribution in [2.45, 2.75) is 39.4 Å². The molecule has 0 radical (unpaired) electrons. The zero-order chi connectivity index (χ0) is 11.7. The summed E-state index contributed by atoms with van der Waals surface area (Å²) in [6.07, 6.45) is -0.442. The minimum Gasteiger partial charge on any atom is -0.389 e. The number of rotatable bonds is 9. The monoisotopic (exact) mass is 219 g/mol. The lowest BCUT2D eigenvalue weighted by Gasteiger charge is -2.25. The molecule has 0 aromatic rings. The van der Waals surface area contributed by atoms with E-state index in [9.17, 15) is 5.11 Å². The molecule has 4 heteroatoms. The molecule has 0 aliphatic carbocycles. The fourth-order valence-electron chi connectivity index (χ4n) is 1.29. The minimum absolute atomic E-state index is 0.180. The zero-order valence-corrected chi connectivity index (χ0v) is 10.4. The van der Waals surface area contributed by atoms with Crippen LogP contribution in [0.1, 0.15) is 27.7 Å². The lowest BCUT2D eigenvalue weighted by Crippen LogP contribution is -2.41. The van der Waals surface area contributed by atoms with E-state index in [0.29, 0.717) is 26.4 Å². The molecule has 0 spiro atoms. The lowest BCUT2D eigenvalue weighted by atomic mass is 10.1. The van der Waals surface area contributed by atoms with Gasteiger partial charge in [0, 0.05) is 26.3 Å². The van der Waals surface area contributed by atoms with Gasteiger partial charge in [0.05, 0.1) is 18.3 Å². The number of aliphatic hydroxyl groups excluding tert-OH is 1. The molecule has 0 rings (SSSR count). The molecule has 0 aliphatic rings. The van der Waals surface area contributed by atoms with E-state index in [0.717, 1.165) is 6.54 Å². The Morgan fingerprint density at radius 1 is 1.27 bits per heavy atom. The maximum atomic E-state index is 9.48. The fourth-order valence-corrected chi connectivity index (χ4v) is 1.29. The topological polar surface area (TPSA) is 50.7 Å². The first kappa shape index (κ1) is 14.8. The van der Waals surface area contributed by atoms with Crippen molar-refractivity contribution >= 4 is 0 Å². The predicted octanol–water partition coefficient (Wildman–Crippen LogP) is 0.788. The van der Waals surface area contributed by atoms with E-state index in [-0.39, 0.29) is 5.60 Å². The van der Waals surface area contributed by atoms with Crippen LogP contribution in [-0.2, 0) is 9.47 Å². The summed E-state index contributed by atoms with van der Waals surface area (Å²) in [4.78, 5) is 0. The SMILES string of the molecule is CCOCC(O)CNCC(C)(C)OCC. The van der Waals surface area contributed by atoms with Gasteiger partial charge in [-0.15, -0.1) is 0 Å². The minimum atomic E-state index is -0.442. The molecule has 92 valence electrons. The molecule has 0 aromatic heterocycles. The van der Waals surface area contributed by atoms with Gasteiger partial charge in [0.2, 0.25) is 0 Å². The average Bonchev–Trinajstić information content (AvgIpc) is 2.14. The van der Waals surface area contributed by atoms with Gasteiger partial charge < -0.3 is 19.9 Å². The van der Waals surface area contributed by atoms with Gasteiger partial charge in [-0.25, -0.2) is 0 Å². The van der Waals surface area contributed by atoms with Crippen LogP contribution in [0.2, 0.25) is 0 Å². The van der Waals surface area contributed by atoms with Crippen LogP contribution in [0.5, 0.6) is 0 Å². The Kier molecular flexibility index (Phi) is 7.96. The second-order valence-corrected chi connectivity index (χ2v) is 4.14. The Morgan fingerprint density at radius 2 is 1.93 bits per heavy atom. The van der Waals surface area contributed by atoms with Crippen LogP contribution in [-0.4, -0.2) is 49.7 Å². The zero-order valence-electron chi connectivity index (χ0n) is 10.4. The number of nitrogens with one attached hydrogen (secondary N) is 1. The van der Waals surface area contributed by atoms with Gasteiger partial charge in [-0.2, -0.15) is 0 Å². The smallest absolute Gasteiger partial charge is 0.0897 e. The van der Waals surface area contributed by atoms with E-state index in [1.807, 2.05) is 27.7 Å². The maximum absolute atomic E-state index is 9.48. The molecule has 0 heterocycles. The van der Waals surface area contributed by atoms with Crippen molar-refractivity contribution in [1.29, 1.82) is 0 Å². The van der Waals surface area contributed by atoms with Gasteiger partial charge in [0.25, 0.3) is 0 Å². The Morgan fingerprint density at radius 3 is 2.47 bits per heavy atom. The molecule has 1 atom stereocenters. The molecule has 0 aliphatic heterocycles. The molecular weight excluding hydrogens is 194 g/mol. The molecule has 2 N–H and O–H groups in total. The van der Waals surface area contributed by atoms with Crippen molar-refractivity contribution in [3.8, 4) is 0 Å². The first-order valence-electron chi connectivity index (χ1n) is 5.62. The maximum Gasteiger partial charge on any atom is 0.0897 e. The summed E-state index contributed by atoms with van der Waals surface area (Å²) in [7, 11) is 0. The highest BCUT2D eigenvalue weighted by Gasteiger charge is 2.17. The summed E-state index contributed by atoms with van der Waals surface area (Å²) < 4.78 is 10.6. The largest absolute Gasteiger partial charge is 0.389 e. The third kappa shape index (κ3) is 8.81. The summed E-state index contributed by atoms with van der Waals surface area (Å²) in [5.74, 6) is 0. The molecule has 0 fully saturated rings. The van der Waals surface area contributed by atoms with Crippen molar-refractivity contribution in [2.75, 3.05) is 32.9 Å². The first-order chi connectivity index (χ1) is 7.02. The van der Waals surface area contributed by atoms with Crippen molar-refractivity contribution in [2.24, 2.45) is 0 Å². The van der Waals surface area contributed by atoms with E-state index >= 15 is 0 Å². The Hall–Kier alpha value is -0.160. The van der Waals surface area contributed by atoms with Gasteiger partial charge in [0.1, 0.15) is 0 Å². The Labute approximate surface area is 93.0 Å². The molecule has 1 unspecified atom stereocenters. The predicted molar refractivity (Wildman–Crippen MR) is 61.1 cm³/mol. The molecular formula is C11H25NO3. The van der Waals surface area contributed by atoms with Crippen molar-refractivity contribution < 1.29 is 14.6 Å². The normalized spacial score (nSPS) is 14.2. The molecule has 15 heavy (non-hydrogen) atoms. The number of aliphatic hydroxyl groups is 1. The summed E-state index contributed by atoms with van der Waals surface area (Å²) in [6, 6.07) is 0. The third-order valence-corrected chi connectivity index (χ3v) is 1.98. The Bertz CT molecular complexity index is 151. The van der Waals surface area contributed by atoms with Crippen LogP contribution < -0.4 is 5.32 Å². The van der Waals surface area contributed by atoms with Crippen molar-refractivity contribution in [1.82, 2.24) is 5.32 Å². The van der Waals surface area contributed by atoms with Crippen molar-refractivity contribution in [3.05, 3.63) is 0 Å². The van der Waals surface area contributed by atoms with Crippen LogP contribution in [0.3, 0.4) is 0 Å². The second-order valence-electron chi connectivity index (χ2n) is 4.14. The lowest BCUT2D eigenvalue weighted by molar-refractivity contribution is -0.0131. The highest BCUT2D eigenvalue weighted by atomic mass is 16.5. The van der Waals surface area contributed by atoms with Crippen LogP contribution in [0.25, 0.3) is 0 Å². The number of hydrogen-bond donors (Lipinski definition) is 2. The van der Waals surface area contributed by atoms with E-state index in [1.54, 1.807) is 0 Å². The number of ether oxygens (including phenoxy) is 2. The summed E-state index contributed by atoms with van der Waals surface area (Å²) in [5.41, 5.74) is -0.180. The van der Waals surface area contributed by atoms with Crippen LogP contribution in [0.15, 0.2) is 0 Å². The number of hydrogen-bond acceptors (Lipinski definition) is 4. The molecule has 0 saturated carbocycles. The van der Waals surface area contributed by atoms with Crippen molar-refractivity contribution in [3.63, 3.8) is 0 Å². The van der Waals surface area contributed by atoms with Crippen LogP contribution in [0, 0.1) is 0 Å².